The number of aliphatic carboxylic acids is 1. The van der Waals surface area contributed by atoms with Crippen molar-refractivity contribution in [3.63, 3.8) is 0 Å². The van der Waals surface area contributed by atoms with Crippen LogP contribution in [0.2, 0.25) is 0 Å². The van der Waals surface area contributed by atoms with Gasteiger partial charge in [0.05, 0.1) is 24.0 Å². The number of carboxylic acids is 1. The van der Waals surface area contributed by atoms with Gasteiger partial charge < -0.3 is 24.0 Å². The van der Waals surface area contributed by atoms with E-state index in [2.05, 4.69) is 5.16 Å². The molecular formula is C19H27BN2O7. The number of pyridine rings is 1. The van der Waals surface area contributed by atoms with Crippen molar-refractivity contribution in [1.29, 1.82) is 0 Å². The molecule has 1 aromatic rings. The molecule has 3 rings (SSSR count). The Morgan fingerprint density at radius 2 is 2.00 bits per heavy atom. The highest BCUT2D eigenvalue weighted by atomic mass is 16.7. The van der Waals surface area contributed by atoms with Crippen LogP contribution in [0.5, 0.6) is 5.75 Å². The number of methoxy groups -OCH3 is 1. The van der Waals surface area contributed by atoms with E-state index in [9.17, 15) is 14.7 Å². The smallest absolute Gasteiger partial charge is 0.496 e. The van der Waals surface area contributed by atoms with Gasteiger partial charge in [-0.05, 0) is 40.5 Å². The molecule has 2 aliphatic rings. The molecule has 1 fully saturated rings. The van der Waals surface area contributed by atoms with Crippen LogP contribution in [0.1, 0.15) is 53.0 Å². The molecule has 9 nitrogen and oxygen atoms in total. The lowest BCUT2D eigenvalue weighted by Gasteiger charge is -2.32. The maximum atomic E-state index is 12.8. The second-order valence-corrected chi connectivity index (χ2v) is 8.28. The Hall–Kier alpha value is -2.33. The molecule has 1 saturated heterocycles. The van der Waals surface area contributed by atoms with Gasteiger partial charge >= 0.3 is 13.1 Å². The van der Waals surface area contributed by atoms with E-state index in [0.29, 0.717) is 30.0 Å². The van der Waals surface area contributed by atoms with Crippen LogP contribution >= 0.6 is 0 Å². The van der Waals surface area contributed by atoms with E-state index >= 15 is 0 Å². The molecule has 0 aliphatic carbocycles. The second kappa shape index (κ2) is 7.83. The summed E-state index contributed by atoms with van der Waals surface area (Å²) in [5.74, 6) is -0.818. The molecule has 1 atom stereocenters. The summed E-state index contributed by atoms with van der Waals surface area (Å²) in [5, 5.41) is 13.6. The highest BCUT2D eigenvalue weighted by Crippen LogP contribution is 2.37. The number of oxime groups is 1. The normalized spacial score (nSPS) is 21.3. The molecule has 1 aromatic heterocycles. The maximum Gasteiger partial charge on any atom is 0.498 e. The third-order valence-electron chi connectivity index (χ3n) is 5.75. The van der Waals surface area contributed by atoms with Crippen LogP contribution in [0, 0.1) is 0 Å². The summed E-state index contributed by atoms with van der Waals surface area (Å²) in [6.45, 7) is 8.16. The Morgan fingerprint density at radius 3 is 2.52 bits per heavy atom. The minimum atomic E-state index is -1.13. The molecule has 29 heavy (non-hydrogen) atoms. The third kappa shape index (κ3) is 4.18. The number of ether oxygens (including phenoxy) is 1. The van der Waals surface area contributed by atoms with Crippen LogP contribution < -0.4 is 15.8 Å². The topological polar surface area (TPSA) is 109 Å². The highest BCUT2D eigenvalue weighted by Gasteiger charge is 2.52. The lowest BCUT2D eigenvalue weighted by atomic mass is 9.79. The van der Waals surface area contributed by atoms with E-state index in [0.717, 1.165) is 11.0 Å². The first-order valence-electron chi connectivity index (χ1n) is 9.62. The van der Waals surface area contributed by atoms with Crippen LogP contribution in [0.25, 0.3) is 0 Å². The summed E-state index contributed by atoms with van der Waals surface area (Å²) in [7, 11) is 0.657. The Kier molecular flexibility index (Phi) is 5.78. The number of hydrogen-bond acceptors (Lipinski definition) is 7. The van der Waals surface area contributed by atoms with Crippen molar-refractivity contribution < 1.29 is 28.8 Å². The minimum absolute atomic E-state index is 0.0776. The Labute approximate surface area is 169 Å². The minimum Gasteiger partial charge on any atom is -0.496 e. The van der Waals surface area contributed by atoms with Gasteiger partial charge in [0.1, 0.15) is 18.4 Å². The van der Waals surface area contributed by atoms with Gasteiger partial charge in [0.25, 0.3) is 5.56 Å². The first-order chi connectivity index (χ1) is 13.6. The van der Waals surface area contributed by atoms with Crippen molar-refractivity contribution in [3.8, 4) is 5.75 Å². The van der Waals surface area contributed by atoms with Crippen molar-refractivity contribution in [2.75, 3.05) is 13.7 Å². The van der Waals surface area contributed by atoms with Crippen molar-refractivity contribution in [2.45, 2.75) is 64.2 Å². The largest absolute Gasteiger partial charge is 0.498 e. The molecule has 10 heteroatoms. The van der Waals surface area contributed by atoms with Gasteiger partial charge in [0.15, 0.2) is 0 Å². The van der Waals surface area contributed by atoms with Gasteiger partial charge in [-0.3, -0.25) is 9.36 Å². The zero-order chi connectivity index (χ0) is 21.4. The predicted molar refractivity (Wildman–Crippen MR) is 107 cm³/mol. The third-order valence-corrected chi connectivity index (χ3v) is 5.75. The van der Waals surface area contributed by atoms with Crippen LogP contribution in [0.4, 0.5) is 0 Å². The monoisotopic (exact) mass is 406 g/mol. The van der Waals surface area contributed by atoms with E-state index in [1.165, 1.54) is 19.4 Å². The fourth-order valence-corrected chi connectivity index (χ4v) is 3.30. The van der Waals surface area contributed by atoms with Gasteiger partial charge in [-0.15, -0.1) is 0 Å². The average Bonchev–Trinajstić information content (AvgIpc) is 2.88. The lowest BCUT2D eigenvalue weighted by Crippen LogP contribution is -2.41. The van der Waals surface area contributed by atoms with Gasteiger partial charge in [0, 0.05) is 24.1 Å². The molecule has 0 radical (unpaired) electrons. The van der Waals surface area contributed by atoms with Gasteiger partial charge in [-0.25, -0.2) is 4.79 Å². The number of aromatic nitrogens is 1. The van der Waals surface area contributed by atoms with E-state index in [1.54, 1.807) is 0 Å². The summed E-state index contributed by atoms with van der Waals surface area (Å²) in [5.41, 5.74) is -0.611. The molecule has 0 spiro atoms. The van der Waals surface area contributed by atoms with Crippen molar-refractivity contribution in [3.05, 3.63) is 22.6 Å². The molecule has 0 amide bonds. The molecule has 0 saturated carbocycles. The Bertz CT molecular complexity index is 862. The summed E-state index contributed by atoms with van der Waals surface area (Å²) in [6, 6.07) is 0.194. The van der Waals surface area contributed by atoms with Crippen molar-refractivity contribution in [1.82, 2.24) is 4.57 Å². The second-order valence-electron chi connectivity index (χ2n) is 8.28. The van der Waals surface area contributed by atoms with E-state index in [4.69, 9.17) is 18.9 Å². The Balaban J connectivity index is 1.96. The molecule has 1 unspecified atom stereocenters. The number of hydrogen-bond donors (Lipinski definition) is 1. The van der Waals surface area contributed by atoms with Gasteiger partial charge in [-0.1, -0.05) is 5.16 Å². The van der Waals surface area contributed by atoms with E-state index in [-0.39, 0.29) is 6.42 Å². The average molecular weight is 406 g/mol. The first-order valence-corrected chi connectivity index (χ1v) is 9.62. The zero-order valence-corrected chi connectivity index (χ0v) is 17.4. The maximum absolute atomic E-state index is 12.8. The Morgan fingerprint density at radius 1 is 1.34 bits per heavy atom. The lowest BCUT2D eigenvalue weighted by molar-refractivity contribution is -0.140. The molecule has 3 heterocycles. The van der Waals surface area contributed by atoms with E-state index < -0.39 is 35.9 Å². The van der Waals surface area contributed by atoms with Crippen LogP contribution in [0.15, 0.2) is 22.2 Å². The quantitative estimate of drug-likeness (QED) is 0.711. The molecule has 0 bridgehead atoms. The molecule has 2 aliphatic heterocycles. The summed E-state index contributed by atoms with van der Waals surface area (Å²) < 4.78 is 18.6. The SMILES string of the molecule is COc1cn(C(CC2=NOCCC2)C(=O)O)c(=O)cc1B1OC(C)(C)C(C)(C)O1. The molecule has 1 N–H and O–H groups in total. The van der Waals surface area contributed by atoms with Crippen molar-refractivity contribution in [2.24, 2.45) is 5.16 Å². The fourth-order valence-electron chi connectivity index (χ4n) is 3.30. The number of carboxylic acid groups (broad SMARTS) is 1. The van der Waals surface area contributed by atoms with Crippen LogP contribution in [0.3, 0.4) is 0 Å². The summed E-state index contributed by atoms with van der Waals surface area (Å²) >= 11 is 0. The number of carbonyl (C=O) groups is 1. The summed E-state index contributed by atoms with van der Waals surface area (Å²) in [4.78, 5) is 29.8. The van der Waals surface area contributed by atoms with E-state index in [1.807, 2.05) is 27.7 Å². The van der Waals surface area contributed by atoms with Crippen LogP contribution in [-0.4, -0.2) is 53.4 Å². The highest BCUT2D eigenvalue weighted by molar-refractivity contribution is 6.63. The number of rotatable bonds is 6. The first kappa shape index (κ1) is 21.4. The molecule has 0 aromatic carbocycles. The van der Waals surface area contributed by atoms with Gasteiger partial charge in [0.2, 0.25) is 0 Å². The summed E-state index contributed by atoms with van der Waals surface area (Å²) in [6.07, 6.45) is 2.88. The van der Waals surface area contributed by atoms with Crippen LogP contribution in [-0.2, 0) is 18.9 Å². The zero-order valence-electron chi connectivity index (χ0n) is 17.4. The standard InChI is InChI=1S/C19H27BN2O7/c1-18(2)19(3,4)29-20(28-18)13-10-16(23)22(11-15(13)26-5)14(17(24)25)9-12-7-6-8-27-21-12/h10-11,14H,6-9H2,1-5H3,(H,24,25). The van der Waals surface area contributed by atoms with Crippen molar-refractivity contribution >= 4 is 24.3 Å². The number of nitrogens with zero attached hydrogens (tertiary/aromatic N) is 2. The molecule has 158 valence electrons. The fraction of sp³-hybridized carbons (Fsp3) is 0.632. The van der Waals surface area contributed by atoms with Gasteiger partial charge in [-0.2, -0.15) is 0 Å². The molecular weight excluding hydrogens is 379 g/mol. The predicted octanol–water partition coefficient (Wildman–Crippen LogP) is 1.34.